The third kappa shape index (κ3) is 4.20. The minimum absolute atomic E-state index is 0.0263. The van der Waals surface area contributed by atoms with E-state index in [1.807, 2.05) is 59.5 Å². The number of hydrazone groups is 1. The molecular weight excluding hydrogens is 432 g/mol. The monoisotopic (exact) mass is 458 g/mol. The minimum atomic E-state index is -0.548. The molecule has 3 aromatic rings. The molecule has 0 bridgehead atoms. The van der Waals surface area contributed by atoms with Gasteiger partial charge in [0.15, 0.2) is 0 Å². The minimum Gasteiger partial charge on any atom is -0.497 e. The van der Waals surface area contributed by atoms with Crippen molar-refractivity contribution in [2.45, 2.75) is 31.5 Å². The number of hydrogen-bond donors (Lipinski definition) is 1. The van der Waals surface area contributed by atoms with Crippen LogP contribution >= 0.6 is 0 Å². The molecule has 1 aromatic heterocycles. The zero-order chi connectivity index (χ0) is 23.7. The summed E-state index contributed by atoms with van der Waals surface area (Å²) in [7, 11) is 1.62. The second-order valence-electron chi connectivity index (χ2n) is 8.54. The standard InChI is InChI=1S/C26H26N4O4/c1-33-20-10-8-17(9-11-20)21-14-22(24-7-4-12-34-24)30(28-21)25(31)16-29-15-19-6-3-2-5-18(19)13-23(29)26(27)32/h2-12,22-23H,13-16H2,1H3,(H2,27,32)/t22?,23-/m0/s1. The van der Waals surface area contributed by atoms with Gasteiger partial charge in [0.2, 0.25) is 5.91 Å². The van der Waals surface area contributed by atoms with Crippen LogP contribution < -0.4 is 10.5 Å². The Bertz CT molecular complexity index is 1220. The molecule has 2 aromatic carbocycles. The van der Waals surface area contributed by atoms with Gasteiger partial charge in [0.25, 0.3) is 5.91 Å². The zero-order valence-corrected chi connectivity index (χ0v) is 18.9. The highest BCUT2D eigenvalue weighted by Gasteiger charge is 2.38. The van der Waals surface area contributed by atoms with E-state index in [-0.39, 0.29) is 18.5 Å². The maximum absolute atomic E-state index is 13.5. The first kappa shape index (κ1) is 21.9. The number of nitrogens with two attached hydrogens (primary N) is 1. The number of fused-ring (bicyclic) bond motifs is 1. The molecule has 2 amide bonds. The Hall–Kier alpha value is -3.91. The normalized spacial score (nSPS) is 20.0. The van der Waals surface area contributed by atoms with E-state index in [1.54, 1.807) is 19.4 Å². The van der Waals surface area contributed by atoms with Gasteiger partial charge in [-0.25, -0.2) is 5.01 Å². The van der Waals surface area contributed by atoms with Crippen LogP contribution in [0.5, 0.6) is 5.75 Å². The van der Waals surface area contributed by atoms with Crippen molar-refractivity contribution in [2.24, 2.45) is 10.8 Å². The molecule has 0 aliphatic carbocycles. The number of ether oxygens (including phenoxy) is 1. The Morgan fingerprint density at radius 1 is 1.06 bits per heavy atom. The van der Waals surface area contributed by atoms with E-state index in [2.05, 4.69) is 5.10 Å². The Kier molecular flexibility index (Phi) is 5.90. The van der Waals surface area contributed by atoms with Crippen molar-refractivity contribution in [3.8, 4) is 5.75 Å². The highest BCUT2D eigenvalue weighted by molar-refractivity contribution is 6.03. The van der Waals surface area contributed by atoms with Crippen LogP contribution in [-0.4, -0.2) is 47.1 Å². The van der Waals surface area contributed by atoms with Crippen LogP contribution in [0.3, 0.4) is 0 Å². The SMILES string of the molecule is COc1ccc(C2=NN(C(=O)CN3Cc4ccccc4C[C@H]3C(N)=O)C(c3ccco3)C2)cc1. The summed E-state index contributed by atoms with van der Waals surface area (Å²) < 4.78 is 10.9. The average molecular weight is 459 g/mol. The van der Waals surface area contributed by atoms with E-state index in [0.29, 0.717) is 25.1 Å². The van der Waals surface area contributed by atoms with Crippen molar-refractivity contribution in [1.82, 2.24) is 9.91 Å². The number of amides is 2. The molecule has 0 spiro atoms. The van der Waals surface area contributed by atoms with Crippen LogP contribution in [0.4, 0.5) is 0 Å². The van der Waals surface area contributed by atoms with E-state index in [4.69, 9.17) is 14.9 Å². The summed E-state index contributed by atoms with van der Waals surface area (Å²) in [5, 5.41) is 6.17. The molecule has 8 nitrogen and oxygen atoms in total. The van der Waals surface area contributed by atoms with Gasteiger partial charge >= 0.3 is 0 Å². The van der Waals surface area contributed by atoms with E-state index >= 15 is 0 Å². The quantitative estimate of drug-likeness (QED) is 0.612. The molecule has 0 radical (unpaired) electrons. The molecule has 2 atom stereocenters. The first-order valence-corrected chi connectivity index (χ1v) is 11.2. The van der Waals surface area contributed by atoms with Crippen LogP contribution in [-0.2, 0) is 22.6 Å². The van der Waals surface area contributed by atoms with Crippen LogP contribution in [0.15, 0.2) is 76.4 Å². The number of methoxy groups -OCH3 is 1. The second kappa shape index (κ2) is 9.15. The summed E-state index contributed by atoms with van der Waals surface area (Å²) in [5.41, 5.74) is 9.59. The van der Waals surface area contributed by atoms with Gasteiger partial charge < -0.3 is 14.9 Å². The van der Waals surface area contributed by atoms with Crippen molar-refractivity contribution in [3.05, 3.63) is 89.4 Å². The first-order chi connectivity index (χ1) is 16.5. The first-order valence-electron chi connectivity index (χ1n) is 11.2. The van der Waals surface area contributed by atoms with Crippen molar-refractivity contribution in [3.63, 3.8) is 0 Å². The molecule has 0 saturated carbocycles. The molecule has 34 heavy (non-hydrogen) atoms. The number of carbonyl (C=O) groups is 2. The summed E-state index contributed by atoms with van der Waals surface area (Å²) in [4.78, 5) is 27.6. The van der Waals surface area contributed by atoms with E-state index < -0.39 is 11.9 Å². The average Bonchev–Trinajstić information content (AvgIpc) is 3.54. The number of rotatable bonds is 6. The molecule has 5 rings (SSSR count). The smallest absolute Gasteiger partial charge is 0.257 e. The highest BCUT2D eigenvalue weighted by Crippen LogP contribution is 2.34. The molecule has 0 fully saturated rings. The summed E-state index contributed by atoms with van der Waals surface area (Å²) >= 11 is 0. The summed E-state index contributed by atoms with van der Waals surface area (Å²) in [6.45, 7) is 0.502. The maximum Gasteiger partial charge on any atom is 0.257 e. The zero-order valence-electron chi connectivity index (χ0n) is 18.9. The van der Waals surface area contributed by atoms with E-state index in [1.165, 1.54) is 5.01 Å². The van der Waals surface area contributed by atoms with Crippen molar-refractivity contribution in [2.75, 3.05) is 13.7 Å². The van der Waals surface area contributed by atoms with E-state index in [0.717, 1.165) is 28.2 Å². The van der Waals surface area contributed by atoms with Crippen LogP contribution in [0, 0.1) is 0 Å². The predicted octanol–water partition coefficient (Wildman–Crippen LogP) is 2.88. The fourth-order valence-corrected chi connectivity index (χ4v) is 4.67. The lowest BCUT2D eigenvalue weighted by molar-refractivity contribution is -0.136. The fourth-order valence-electron chi connectivity index (χ4n) is 4.67. The van der Waals surface area contributed by atoms with Crippen LogP contribution in [0.2, 0.25) is 0 Å². The van der Waals surface area contributed by atoms with Gasteiger partial charge in [-0.3, -0.25) is 14.5 Å². The summed E-state index contributed by atoms with van der Waals surface area (Å²) in [5.74, 6) is 0.765. The topological polar surface area (TPSA) is 101 Å². The van der Waals surface area contributed by atoms with Gasteiger partial charge in [-0.05, 0) is 59.5 Å². The summed E-state index contributed by atoms with van der Waals surface area (Å²) in [6, 6.07) is 18.3. The Labute approximate surface area is 197 Å². The van der Waals surface area contributed by atoms with Gasteiger partial charge in [0, 0.05) is 13.0 Å². The van der Waals surface area contributed by atoms with Crippen molar-refractivity contribution >= 4 is 17.5 Å². The number of primary amides is 1. The highest BCUT2D eigenvalue weighted by atomic mass is 16.5. The molecule has 3 heterocycles. The van der Waals surface area contributed by atoms with Crippen LogP contribution in [0.1, 0.15) is 34.9 Å². The Morgan fingerprint density at radius 3 is 2.50 bits per heavy atom. The lowest BCUT2D eigenvalue weighted by Gasteiger charge is -2.35. The van der Waals surface area contributed by atoms with Crippen molar-refractivity contribution < 1.29 is 18.7 Å². The molecule has 1 unspecified atom stereocenters. The molecule has 8 heteroatoms. The molecule has 2 aliphatic heterocycles. The molecule has 2 aliphatic rings. The van der Waals surface area contributed by atoms with E-state index in [9.17, 15) is 9.59 Å². The summed E-state index contributed by atoms with van der Waals surface area (Å²) in [6.07, 6.45) is 2.60. The second-order valence-corrected chi connectivity index (χ2v) is 8.54. The van der Waals surface area contributed by atoms with Crippen molar-refractivity contribution in [1.29, 1.82) is 0 Å². The molecule has 2 N–H and O–H groups in total. The Morgan fingerprint density at radius 2 is 1.82 bits per heavy atom. The third-order valence-electron chi connectivity index (χ3n) is 6.47. The van der Waals surface area contributed by atoms with Gasteiger partial charge in [-0.15, -0.1) is 0 Å². The van der Waals surface area contributed by atoms with Gasteiger partial charge in [0.1, 0.15) is 17.6 Å². The Balaban J connectivity index is 1.41. The number of benzene rings is 2. The molecule has 0 saturated heterocycles. The maximum atomic E-state index is 13.5. The van der Waals surface area contributed by atoms with Gasteiger partial charge in [-0.2, -0.15) is 5.10 Å². The fraction of sp³-hybridized carbons (Fsp3) is 0.269. The largest absolute Gasteiger partial charge is 0.497 e. The van der Waals surface area contributed by atoms with Gasteiger partial charge in [-0.1, -0.05) is 24.3 Å². The molecule has 174 valence electrons. The number of nitrogens with zero attached hydrogens (tertiary/aromatic N) is 3. The number of furan rings is 1. The number of carbonyl (C=O) groups excluding carboxylic acids is 2. The number of hydrogen-bond acceptors (Lipinski definition) is 6. The lowest BCUT2D eigenvalue weighted by Crippen LogP contribution is -2.51. The lowest BCUT2D eigenvalue weighted by atomic mass is 9.93. The predicted molar refractivity (Wildman–Crippen MR) is 126 cm³/mol. The third-order valence-corrected chi connectivity index (χ3v) is 6.47. The molecular formula is C26H26N4O4. The van der Waals surface area contributed by atoms with Crippen LogP contribution in [0.25, 0.3) is 0 Å². The van der Waals surface area contributed by atoms with Gasteiger partial charge in [0.05, 0.1) is 31.7 Å².